The highest BCUT2D eigenvalue weighted by molar-refractivity contribution is 6.21. The molecule has 1 heterocycles. The average Bonchev–Trinajstić information content (AvgIpc) is 2.89. The van der Waals surface area contributed by atoms with Crippen LogP contribution < -0.4 is 4.74 Å². The topological polar surface area (TPSA) is 66.8 Å². The van der Waals surface area contributed by atoms with Crippen molar-refractivity contribution in [2.45, 2.75) is 37.8 Å². The Balaban J connectivity index is 1.65. The lowest BCUT2D eigenvalue weighted by Gasteiger charge is -2.32. The summed E-state index contributed by atoms with van der Waals surface area (Å²) in [4.78, 5) is 26.8. The van der Waals surface area contributed by atoms with Crippen LogP contribution in [-0.2, 0) is 0 Å². The van der Waals surface area contributed by atoms with Crippen molar-refractivity contribution in [1.29, 1.82) is 0 Å². The molecule has 1 aliphatic carbocycles. The summed E-state index contributed by atoms with van der Waals surface area (Å²) in [6, 6.07) is 12.4. The van der Waals surface area contributed by atoms with Crippen molar-refractivity contribution >= 4 is 11.8 Å². The zero-order valence-corrected chi connectivity index (χ0v) is 14.8. The predicted molar refractivity (Wildman–Crippen MR) is 96.3 cm³/mol. The molecule has 4 rings (SSSR count). The van der Waals surface area contributed by atoms with E-state index in [0.29, 0.717) is 22.8 Å². The van der Waals surface area contributed by atoms with Crippen molar-refractivity contribution in [3.63, 3.8) is 0 Å². The van der Waals surface area contributed by atoms with Gasteiger partial charge in [-0.1, -0.05) is 24.3 Å². The van der Waals surface area contributed by atoms with Crippen molar-refractivity contribution in [1.82, 2.24) is 4.90 Å². The summed E-state index contributed by atoms with van der Waals surface area (Å²) in [5.41, 5.74) is 2.81. The molecule has 2 amide bonds. The summed E-state index contributed by atoms with van der Waals surface area (Å²) in [5, 5.41) is 9.52. The van der Waals surface area contributed by atoms with Gasteiger partial charge in [0.05, 0.1) is 30.4 Å². The second-order valence-corrected chi connectivity index (χ2v) is 7.03. The summed E-state index contributed by atoms with van der Waals surface area (Å²) in [6.45, 7) is 1.84. The molecular weight excluding hydrogens is 330 g/mol. The first-order chi connectivity index (χ1) is 12.5. The number of aliphatic hydroxyl groups excluding tert-OH is 1. The third kappa shape index (κ3) is 2.51. The number of rotatable bonds is 4. The van der Waals surface area contributed by atoms with Crippen LogP contribution in [0, 0.1) is 0 Å². The minimum Gasteiger partial charge on any atom is -0.496 e. The van der Waals surface area contributed by atoms with Crippen LogP contribution in [0.3, 0.4) is 0 Å². The molecule has 1 atom stereocenters. The van der Waals surface area contributed by atoms with Crippen molar-refractivity contribution in [3.05, 3.63) is 64.7 Å². The molecule has 5 nitrogen and oxygen atoms in total. The van der Waals surface area contributed by atoms with Crippen molar-refractivity contribution in [3.8, 4) is 5.75 Å². The van der Waals surface area contributed by atoms with Gasteiger partial charge >= 0.3 is 0 Å². The summed E-state index contributed by atoms with van der Waals surface area (Å²) in [6.07, 6.45) is 1.30. The Bertz CT molecular complexity index is 850. The highest BCUT2D eigenvalue weighted by Crippen LogP contribution is 2.41. The van der Waals surface area contributed by atoms with Gasteiger partial charge in [-0.2, -0.15) is 0 Å². The number of fused-ring (bicyclic) bond motifs is 1. The fourth-order valence-electron chi connectivity index (χ4n) is 3.89. The molecule has 134 valence electrons. The maximum atomic E-state index is 12.7. The van der Waals surface area contributed by atoms with E-state index >= 15 is 0 Å². The normalized spacial score (nSPS) is 22.8. The zero-order chi connectivity index (χ0) is 18.4. The number of hydrogen-bond donors (Lipinski definition) is 1. The molecule has 1 fully saturated rings. The summed E-state index contributed by atoms with van der Waals surface area (Å²) < 4.78 is 5.55. The number of aliphatic hydroxyl groups is 1. The van der Waals surface area contributed by atoms with Gasteiger partial charge in [-0.15, -0.1) is 0 Å². The van der Waals surface area contributed by atoms with E-state index in [4.69, 9.17) is 4.74 Å². The third-order valence-electron chi connectivity index (χ3n) is 5.50. The van der Waals surface area contributed by atoms with Crippen molar-refractivity contribution in [2.75, 3.05) is 7.11 Å². The molecule has 0 bridgehead atoms. The predicted octanol–water partition coefficient (Wildman–Crippen LogP) is 3.29. The minimum absolute atomic E-state index is 0.219. The molecule has 1 aliphatic heterocycles. The molecule has 0 saturated heterocycles. The van der Waals surface area contributed by atoms with Gasteiger partial charge in [-0.25, -0.2) is 0 Å². The number of ether oxygens (including phenoxy) is 1. The van der Waals surface area contributed by atoms with Gasteiger partial charge in [0.1, 0.15) is 5.75 Å². The van der Waals surface area contributed by atoms with Crippen molar-refractivity contribution in [2.24, 2.45) is 0 Å². The van der Waals surface area contributed by atoms with Crippen molar-refractivity contribution < 1.29 is 19.4 Å². The van der Waals surface area contributed by atoms with Crippen LogP contribution in [0.2, 0.25) is 0 Å². The van der Waals surface area contributed by atoms with Crippen LogP contribution in [0.25, 0.3) is 0 Å². The SMILES string of the molecule is COc1cc(C2CC(O)C2)ccc1[C@H](C)N1C(=O)c2ccccc2C1=O. The van der Waals surface area contributed by atoms with E-state index in [1.54, 1.807) is 31.4 Å². The number of imide groups is 1. The van der Waals surface area contributed by atoms with Gasteiger partial charge in [0, 0.05) is 5.56 Å². The molecule has 1 saturated carbocycles. The second kappa shape index (κ2) is 6.25. The number of amides is 2. The first-order valence-corrected chi connectivity index (χ1v) is 8.84. The maximum Gasteiger partial charge on any atom is 0.262 e. The second-order valence-electron chi connectivity index (χ2n) is 7.03. The number of methoxy groups -OCH3 is 1. The van der Waals surface area contributed by atoms with Gasteiger partial charge < -0.3 is 9.84 Å². The number of nitrogens with zero attached hydrogens (tertiary/aromatic N) is 1. The summed E-state index contributed by atoms with van der Waals surface area (Å²) >= 11 is 0. The molecule has 2 aromatic carbocycles. The highest BCUT2D eigenvalue weighted by Gasteiger charge is 2.39. The van der Waals surface area contributed by atoms with Gasteiger partial charge in [0.2, 0.25) is 0 Å². The Morgan fingerprint density at radius 3 is 2.23 bits per heavy atom. The largest absolute Gasteiger partial charge is 0.496 e. The van der Waals surface area contributed by atoms with Crippen LogP contribution in [0.4, 0.5) is 0 Å². The fraction of sp³-hybridized carbons (Fsp3) is 0.333. The highest BCUT2D eigenvalue weighted by atomic mass is 16.5. The van der Waals surface area contributed by atoms with E-state index < -0.39 is 6.04 Å². The Kier molecular flexibility index (Phi) is 4.04. The molecule has 26 heavy (non-hydrogen) atoms. The zero-order valence-electron chi connectivity index (χ0n) is 14.8. The molecule has 1 N–H and O–H groups in total. The third-order valence-corrected chi connectivity index (χ3v) is 5.50. The Hall–Kier alpha value is -2.66. The molecule has 0 radical (unpaired) electrons. The van der Waals surface area contributed by atoms with E-state index in [9.17, 15) is 14.7 Å². The molecule has 5 heteroatoms. The van der Waals surface area contributed by atoms with Crippen LogP contribution >= 0.6 is 0 Å². The molecule has 2 aliphatic rings. The van der Waals surface area contributed by atoms with E-state index in [0.717, 1.165) is 24.0 Å². The summed E-state index contributed by atoms with van der Waals surface area (Å²) in [5.74, 6) is 0.452. The maximum absolute atomic E-state index is 12.7. The lowest BCUT2D eigenvalue weighted by molar-refractivity contribution is 0.0592. The smallest absolute Gasteiger partial charge is 0.262 e. The standard InChI is InChI=1S/C21H21NO4/c1-12(22-20(24)17-5-3-4-6-18(17)21(22)25)16-8-7-13(11-19(16)26-2)14-9-15(23)10-14/h3-8,11-12,14-15,23H,9-10H2,1-2H3/t12-,14?,15?/m0/s1. The quantitative estimate of drug-likeness (QED) is 0.859. The molecule has 0 aromatic heterocycles. The Labute approximate surface area is 152 Å². The van der Waals surface area contributed by atoms with Gasteiger partial charge in [0.15, 0.2) is 0 Å². The lowest BCUT2D eigenvalue weighted by atomic mass is 9.77. The number of carbonyl (C=O) groups is 2. The van der Waals surface area contributed by atoms with Gasteiger partial charge in [-0.05, 0) is 49.4 Å². The first kappa shape index (κ1) is 16.8. The minimum atomic E-state index is -0.432. The van der Waals surface area contributed by atoms with Crippen LogP contribution in [0.5, 0.6) is 5.75 Å². The Morgan fingerprint density at radius 1 is 1.08 bits per heavy atom. The van der Waals surface area contributed by atoms with Crippen LogP contribution in [-0.4, -0.2) is 35.0 Å². The molecule has 2 aromatic rings. The summed E-state index contributed by atoms with van der Waals surface area (Å²) in [7, 11) is 1.59. The van der Waals surface area contributed by atoms with E-state index in [1.165, 1.54) is 4.90 Å². The molecular formula is C21H21NO4. The van der Waals surface area contributed by atoms with Crippen LogP contribution in [0.15, 0.2) is 42.5 Å². The van der Waals surface area contributed by atoms with Gasteiger partial charge in [-0.3, -0.25) is 14.5 Å². The molecule has 0 unspecified atom stereocenters. The fourth-order valence-corrected chi connectivity index (χ4v) is 3.89. The number of benzene rings is 2. The average molecular weight is 351 g/mol. The number of carbonyl (C=O) groups excluding carboxylic acids is 2. The lowest BCUT2D eigenvalue weighted by Crippen LogP contribution is -2.33. The van der Waals surface area contributed by atoms with E-state index in [-0.39, 0.29) is 17.9 Å². The monoisotopic (exact) mass is 351 g/mol. The van der Waals surface area contributed by atoms with E-state index in [2.05, 4.69) is 0 Å². The molecule has 0 spiro atoms. The van der Waals surface area contributed by atoms with E-state index in [1.807, 2.05) is 25.1 Å². The van der Waals surface area contributed by atoms with Gasteiger partial charge in [0.25, 0.3) is 11.8 Å². The Morgan fingerprint density at radius 2 is 1.69 bits per heavy atom. The first-order valence-electron chi connectivity index (χ1n) is 8.84. The van der Waals surface area contributed by atoms with Crippen LogP contribution in [0.1, 0.15) is 63.6 Å². The number of hydrogen-bond acceptors (Lipinski definition) is 4.